The third kappa shape index (κ3) is 4.76. The summed E-state index contributed by atoms with van der Waals surface area (Å²) in [4.78, 5) is 27.7. The summed E-state index contributed by atoms with van der Waals surface area (Å²) in [5.41, 5.74) is 7.22. The van der Waals surface area contributed by atoms with Crippen LogP contribution in [-0.2, 0) is 6.42 Å². The molecular formula is C17H27N5O2S. The topological polar surface area (TPSA) is 84.5 Å². The van der Waals surface area contributed by atoms with Crippen LogP contribution in [0.25, 0.3) is 0 Å². The van der Waals surface area contributed by atoms with Gasteiger partial charge in [0.1, 0.15) is 0 Å². The van der Waals surface area contributed by atoms with Crippen molar-refractivity contribution in [2.24, 2.45) is 11.7 Å². The van der Waals surface area contributed by atoms with Gasteiger partial charge in [0.25, 0.3) is 10.8 Å². The monoisotopic (exact) mass is 365 g/mol. The molecule has 1 aliphatic carbocycles. The van der Waals surface area contributed by atoms with Gasteiger partial charge in [0.05, 0.1) is 24.2 Å². The highest BCUT2D eigenvalue weighted by atomic mass is 32.2. The predicted octanol–water partition coefficient (Wildman–Crippen LogP) is 1.69. The maximum Gasteiger partial charge on any atom is 0.298 e. The molecule has 0 aromatic carbocycles. The van der Waals surface area contributed by atoms with Crippen molar-refractivity contribution >= 4 is 17.2 Å². The molecule has 1 saturated heterocycles. The van der Waals surface area contributed by atoms with E-state index in [1.54, 1.807) is 10.5 Å². The predicted molar refractivity (Wildman–Crippen MR) is 100 cm³/mol. The molecule has 2 fully saturated rings. The lowest BCUT2D eigenvalue weighted by molar-refractivity contribution is 0.183. The molecule has 1 amide bonds. The van der Waals surface area contributed by atoms with E-state index in [2.05, 4.69) is 10.00 Å². The van der Waals surface area contributed by atoms with Gasteiger partial charge >= 0.3 is 0 Å². The van der Waals surface area contributed by atoms with Crippen molar-refractivity contribution in [3.05, 3.63) is 27.7 Å². The first-order valence-corrected chi connectivity index (χ1v) is 9.82. The minimum absolute atomic E-state index is 0.191. The number of rotatable bonds is 8. The van der Waals surface area contributed by atoms with Crippen molar-refractivity contribution in [1.82, 2.24) is 14.8 Å². The number of amides is 1. The Morgan fingerprint density at radius 3 is 2.68 bits per heavy atom. The van der Waals surface area contributed by atoms with Crippen molar-refractivity contribution in [3.63, 3.8) is 0 Å². The van der Waals surface area contributed by atoms with Gasteiger partial charge in [0.2, 0.25) is 0 Å². The molecule has 1 aromatic rings. The summed E-state index contributed by atoms with van der Waals surface area (Å²) in [5.74, 6) is 0.747. The summed E-state index contributed by atoms with van der Waals surface area (Å²) in [5, 5.41) is 4.11. The molecule has 1 saturated carbocycles. The molecule has 1 aromatic heterocycles. The second kappa shape index (κ2) is 7.78. The van der Waals surface area contributed by atoms with Crippen molar-refractivity contribution in [3.8, 4) is 0 Å². The quantitative estimate of drug-likeness (QED) is 0.706. The number of nitrogens with two attached hydrogens (primary N) is 1. The molecule has 0 unspecified atom stereocenters. The Bertz CT molecular complexity index is 682. The van der Waals surface area contributed by atoms with E-state index in [4.69, 9.17) is 5.73 Å². The lowest BCUT2D eigenvalue weighted by atomic mass is 10.1. The normalized spacial score (nSPS) is 17.6. The van der Waals surface area contributed by atoms with Crippen molar-refractivity contribution in [1.29, 1.82) is 0 Å². The van der Waals surface area contributed by atoms with Gasteiger partial charge in [-0.25, -0.2) is 4.41 Å². The van der Waals surface area contributed by atoms with Crippen LogP contribution in [0.5, 0.6) is 0 Å². The van der Waals surface area contributed by atoms with E-state index in [-0.39, 0.29) is 11.5 Å². The van der Waals surface area contributed by atoms with Gasteiger partial charge in [-0.1, -0.05) is 13.8 Å². The molecule has 0 atom stereocenters. The summed E-state index contributed by atoms with van der Waals surface area (Å²) in [6.45, 7) is 7.85. The van der Waals surface area contributed by atoms with Gasteiger partial charge in [-0.15, -0.1) is 4.79 Å². The Kier molecular flexibility index (Phi) is 5.68. The number of aromatic nitrogens is 2. The number of primary amides is 1. The highest BCUT2D eigenvalue weighted by Crippen LogP contribution is 2.40. The van der Waals surface area contributed by atoms with Crippen molar-refractivity contribution in [2.75, 3.05) is 30.6 Å². The van der Waals surface area contributed by atoms with Crippen LogP contribution < -0.4 is 15.7 Å². The van der Waals surface area contributed by atoms with E-state index in [0.717, 1.165) is 62.1 Å². The molecule has 3 rings (SSSR count). The fourth-order valence-corrected chi connectivity index (χ4v) is 3.81. The van der Waals surface area contributed by atoms with Gasteiger partial charge in [0, 0.05) is 19.0 Å². The first-order chi connectivity index (χ1) is 11.9. The molecule has 8 heteroatoms. The first kappa shape index (κ1) is 18.3. The number of hydrogen-bond donors (Lipinski definition) is 1. The van der Waals surface area contributed by atoms with Crippen LogP contribution in [0, 0.1) is 5.92 Å². The number of likely N-dealkylation sites (tertiary alicyclic amines) is 1. The molecule has 2 aliphatic rings. The van der Waals surface area contributed by atoms with E-state index in [0.29, 0.717) is 12.5 Å². The second-order valence-corrected chi connectivity index (χ2v) is 8.34. The smallest absolute Gasteiger partial charge is 0.298 e. The van der Waals surface area contributed by atoms with Crippen LogP contribution in [0.2, 0.25) is 0 Å². The van der Waals surface area contributed by atoms with Crippen LogP contribution in [0.4, 0.5) is 4.79 Å². The van der Waals surface area contributed by atoms with Crippen LogP contribution >= 0.6 is 11.9 Å². The van der Waals surface area contributed by atoms with Crippen LogP contribution in [0.15, 0.2) is 10.9 Å². The third-order valence-electron chi connectivity index (χ3n) is 4.58. The van der Waals surface area contributed by atoms with Gasteiger partial charge in [-0.3, -0.25) is 9.59 Å². The molecule has 1 aliphatic heterocycles. The standard InChI is InChI=1S/C17H27N5O2S/c1-12(2)11-21(25-17(18)24)22-16(23)10-14(13-4-5-13)15(19-22)6-9-20-7-3-8-20/h10,12-13H,3-9,11H2,1-2H3,(H2,18,24). The highest BCUT2D eigenvalue weighted by Gasteiger charge is 2.29. The molecule has 138 valence electrons. The zero-order valence-electron chi connectivity index (χ0n) is 15.0. The average Bonchev–Trinajstić information content (AvgIpc) is 3.29. The van der Waals surface area contributed by atoms with Gasteiger partial charge in [-0.05, 0) is 49.8 Å². The lowest BCUT2D eigenvalue weighted by Crippen LogP contribution is -2.43. The van der Waals surface area contributed by atoms with Gasteiger partial charge in [-0.2, -0.15) is 5.10 Å². The van der Waals surface area contributed by atoms with E-state index in [9.17, 15) is 9.59 Å². The Balaban J connectivity index is 1.88. The first-order valence-electron chi connectivity index (χ1n) is 9.04. The molecule has 7 nitrogen and oxygen atoms in total. The van der Waals surface area contributed by atoms with E-state index < -0.39 is 5.24 Å². The molecule has 0 bridgehead atoms. The minimum atomic E-state index is -0.539. The number of carbonyl (C=O) groups is 1. The molecule has 2 heterocycles. The SMILES string of the molecule is CC(C)CN(SC(N)=O)n1nc(CCN2CCC2)c(C2CC2)cc1=O. The second-order valence-electron chi connectivity index (χ2n) is 7.33. The Labute approximate surface area is 152 Å². The molecule has 0 radical (unpaired) electrons. The number of nitrogens with zero attached hydrogens (tertiary/aromatic N) is 4. The highest BCUT2D eigenvalue weighted by molar-refractivity contribution is 8.14. The van der Waals surface area contributed by atoms with E-state index in [1.165, 1.54) is 11.2 Å². The number of hydrogen-bond acceptors (Lipinski definition) is 6. The maximum absolute atomic E-state index is 12.6. The zero-order valence-corrected chi connectivity index (χ0v) is 15.8. The Morgan fingerprint density at radius 2 is 2.16 bits per heavy atom. The number of carbonyl (C=O) groups excluding carboxylic acids is 1. The summed E-state index contributed by atoms with van der Waals surface area (Å²) in [6.07, 6.45) is 4.36. The largest absolute Gasteiger partial charge is 0.359 e. The molecular weight excluding hydrogens is 338 g/mol. The third-order valence-corrected chi connectivity index (χ3v) is 5.28. The Morgan fingerprint density at radius 1 is 1.44 bits per heavy atom. The summed E-state index contributed by atoms with van der Waals surface area (Å²) in [6, 6.07) is 1.71. The van der Waals surface area contributed by atoms with Crippen molar-refractivity contribution in [2.45, 2.75) is 45.4 Å². The summed E-state index contributed by atoms with van der Waals surface area (Å²) < 4.78 is 1.58. The van der Waals surface area contributed by atoms with Crippen molar-refractivity contribution < 1.29 is 4.79 Å². The maximum atomic E-state index is 12.6. The van der Waals surface area contributed by atoms with Gasteiger partial charge in [0.15, 0.2) is 0 Å². The minimum Gasteiger partial charge on any atom is -0.359 e. The van der Waals surface area contributed by atoms with E-state index >= 15 is 0 Å². The van der Waals surface area contributed by atoms with Crippen LogP contribution in [-0.4, -0.2) is 46.2 Å². The fourth-order valence-electron chi connectivity index (χ4n) is 3.04. The molecule has 25 heavy (non-hydrogen) atoms. The van der Waals surface area contributed by atoms with Crippen LogP contribution in [0.3, 0.4) is 0 Å². The fraction of sp³-hybridized carbons (Fsp3) is 0.706. The molecule has 2 N–H and O–H groups in total. The average molecular weight is 366 g/mol. The lowest BCUT2D eigenvalue weighted by Gasteiger charge is -2.31. The molecule has 0 spiro atoms. The van der Waals surface area contributed by atoms with Crippen LogP contribution in [0.1, 0.15) is 50.3 Å². The van der Waals surface area contributed by atoms with E-state index in [1.807, 2.05) is 13.8 Å². The summed E-state index contributed by atoms with van der Waals surface area (Å²) in [7, 11) is 0. The summed E-state index contributed by atoms with van der Waals surface area (Å²) >= 11 is 0.836. The Hall–Kier alpha value is -1.54. The zero-order chi connectivity index (χ0) is 18.0. The van der Waals surface area contributed by atoms with Gasteiger partial charge < -0.3 is 10.6 Å².